The van der Waals surface area contributed by atoms with Crippen LogP contribution in [0.1, 0.15) is 35.2 Å². The summed E-state index contributed by atoms with van der Waals surface area (Å²) < 4.78 is 29.5. The molecule has 1 heterocycles. The van der Waals surface area contributed by atoms with Crippen LogP contribution in [0.25, 0.3) is 0 Å². The van der Waals surface area contributed by atoms with Gasteiger partial charge in [-0.05, 0) is 48.7 Å². The minimum Gasteiger partial charge on any atom is -0.478 e. The van der Waals surface area contributed by atoms with E-state index in [2.05, 4.69) is 0 Å². The van der Waals surface area contributed by atoms with Gasteiger partial charge in [0.05, 0.1) is 22.6 Å². The molecule has 0 aromatic heterocycles. The third-order valence-electron chi connectivity index (χ3n) is 5.85. The molecule has 1 aliphatic rings. The Morgan fingerprint density at radius 1 is 1.03 bits per heavy atom. The maximum atomic E-state index is 14.1. The first-order chi connectivity index (χ1) is 15.7. The van der Waals surface area contributed by atoms with Crippen molar-refractivity contribution in [1.29, 1.82) is 0 Å². The normalized spacial score (nSPS) is 19.2. The Morgan fingerprint density at radius 2 is 1.70 bits per heavy atom. The Hall–Kier alpha value is -2.87. The lowest BCUT2D eigenvalue weighted by Gasteiger charge is -2.40. The first-order valence-electron chi connectivity index (χ1n) is 10.5. The maximum absolute atomic E-state index is 14.1. The van der Waals surface area contributed by atoms with Crippen molar-refractivity contribution >= 4 is 40.9 Å². The Morgan fingerprint density at radius 3 is 2.33 bits per heavy atom. The Kier molecular flexibility index (Phi) is 6.48. The summed E-state index contributed by atoms with van der Waals surface area (Å²) in [7, 11) is -2.19. The molecular weight excluding hydrogens is 457 g/mol. The van der Waals surface area contributed by atoms with E-state index in [1.807, 2.05) is 39.0 Å². The minimum atomic E-state index is -4.08. The van der Waals surface area contributed by atoms with Crippen LogP contribution in [-0.2, 0) is 14.8 Å². The summed E-state index contributed by atoms with van der Waals surface area (Å²) in [4.78, 5) is 12.4. The highest BCUT2D eigenvalue weighted by molar-refractivity contribution is 7.89. The van der Waals surface area contributed by atoms with E-state index >= 15 is 0 Å². The van der Waals surface area contributed by atoms with Crippen LogP contribution in [0.4, 0.5) is 0 Å². The summed E-state index contributed by atoms with van der Waals surface area (Å²) in [6.07, 6.45) is 1.84. The van der Waals surface area contributed by atoms with Crippen LogP contribution in [0.5, 0.6) is 0 Å². The van der Waals surface area contributed by atoms with Gasteiger partial charge in [0.25, 0.3) is 0 Å². The molecule has 0 spiro atoms. The van der Waals surface area contributed by atoms with Crippen molar-refractivity contribution in [2.24, 2.45) is 0 Å². The van der Waals surface area contributed by atoms with Crippen molar-refractivity contribution in [2.75, 3.05) is 0 Å². The van der Waals surface area contributed by atoms with E-state index in [4.69, 9.17) is 11.6 Å². The van der Waals surface area contributed by atoms with Gasteiger partial charge in [0.15, 0.2) is 0 Å². The van der Waals surface area contributed by atoms with Crippen molar-refractivity contribution in [3.8, 4) is 0 Å². The van der Waals surface area contributed by atoms with Crippen LogP contribution in [-0.4, -0.2) is 31.6 Å². The van der Waals surface area contributed by atoms with Crippen molar-refractivity contribution < 1.29 is 18.3 Å². The number of nitrogens with zero attached hydrogens (tertiary/aromatic N) is 1. The molecule has 0 saturated carbocycles. The number of sulfonamides is 1. The van der Waals surface area contributed by atoms with Gasteiger partial charge in [0, 0.05) is 5.02 Å². The van der Waals surface area contributed by atoms with Crippen LogP contribution in [0.3, 0.4) is 0 Å². The zero-order chi connectivity index (χ0) is 23.8. The smallest absolute Gasteiger partial charge is 0.333 e. The topological polar surface area (TPSA) is 74.7 Å². The molecule has 0 aliphatic carbocycles. The maximum Gasteiger partial charge on any atom is 0.333 e. The van der Waals surface area contributed by atoms with E-state index in [1.54, 1.807) is 54.6 Å². The second-order valence-corrected chi connectivity index (χ2v) is 10.5. The summed E-state index contributed by atoms with van der Waals surface area (Å²) in [5, 5.41) is 10.5. The molecule has 0 fully saturated rings. The predicted octanol–water partition coefficient (Wildman–Crippen LogP) is 3.79. The van der Waals surface area contributed by atoms with Gasteiger partial charge in [0.2, 0.25) is 10.0 Å². The summed E-state index contributed by atoms with van der Waals surface area (Å²) >= 11 is 6.24. The van der Waals surface area contributed by atoms with Gasteiger partial charge in [-0.3, -0.25) is 0 Å². The zero-order valence-corrected chi connectivity index (χ0v) is 19.8. The molecule has 1 aliphatic heterocycles. The summed E-state index contributed by atoms with van der Waals surface area (Å²) in [5.41, 5.74) is 3.19. The molecule has 8 heteroatoms. The van der Waals surface area contributed by atoms with E-state index in [9.17, 15) is 18.3 Å². The van der Waals surface area contributed by atoms with E-state index < -0.39 is 28.1 Å². The van der Waals surface area contributed by atoms with Gasteiger partial charge in [-0.1, -0.05) is 77.2 Å². The third kappa shape index (κ3) is 4.62. The molecule has 3 aromatic carbocycles. The quantitative estimate of drug-likeness (QED) is 0.565. The van der Waals surface area contributed by atoms with Gasteiger partial charge in [-0.15, -0.1) is 0 Å². The highest BCUT2D eigenvalue weighted by atomic mass is 35.5. The molecule has 33 heavy (non-hydrogen) atoms. The number of hydrogen-bond acceptors (Lipinski definition) is 3. The number of rotatable bonds is 5. The highest BCUT2D eigenvalue weighted by Crippen LogP contribution is 2.45. The fraction of sp³-hybridized carbons (Fsp3) is 0.160. The molecule has 0 saturated heterocycles. The Labute approximate surface area is 199 Å². The van der Waals surface area contributed by atoms with Gasteiger partial charge in [0.1, 0.15) is 7.85 Å². The van der Waals surface area contributed by atoms with Crippen molar-refractivity contribution in [3.05, 3.63) is 106 Å². The van der Waals surface area contributed by atoms with Crippen LogP contribution in [0, 0.1) is 6.92 Å². The molecule has 0 radical (unpaired) electrons. The van der Waals surface area contributed by atoms with E-state index in [-0.39, 0.29) is 16.9 Å². The van der Waals surface area contributed by atoms with E-state index in [0.29, 0.717) is 16.1 Å². The number of benzene rings is 3. The number of carbonyl (C=O) groups is 1. The molecule has 3 aromatic rings. The van der Waals surface area contributed by atoms with Gasteiger partial charge in [-0.25, -0.2) is 13.2 Å². The van der Waals surface area contributed by atoms with Crippen LogP contribution in [0.15, 0.2) is 89.3 Å². The van der Waals surface area contributed by atoms with Crippen LogP contribution < -0.4 is 5.46 Å². The summed E-state index contributed by atoms with van der Waals surface area (Å²) in [6, 6.07) is 19.3. The van der Waals surface area contributed by atoms with Crippen molar-refractivity contribution in [3.63, 3.8) is 0 Å². The average Bonchev–Trinajstić information content (AvgIpc) is 2.78. The fourth-order valence-electron chi connectivity index (χ4n) is 4.28. The third-order valence-corrected chi connectivity index (χ3v) is 7.98. The first-order valence-corrected chi connectivity index (χ1v) is 12.4. The van der Waals surface area contributed by atoms with Crippen molar-refractivity contribution in [1.82, 2.24) is 4.31 Å². The Balaban J connectivity index is 1.98. The fourth-order valence-corrected chi connectivity index (χ4v) is 6.26. The van der Waals surface area contributed by atoms with E-state index in [1.165, 1.54) is 4.31 Å². The summed E-state index contributed by atoms with van der Waals surface area (Å²) in [6.45, 7) is 1.88. The molecule has 1 N–H and O–H groups in total. The number of aliphatic carboxylic acids is 1. The number of carboxylic acids is 1. The van der Waals surface area contributed by atoms with E-state index in [0.717, 1.165) is 11.0 Å². The van der Waals surface area contributed by atoms with Gasteiger partial charge >= 0.3 is 5.97 Å². The number of aryl methyl sites for hydroxylation is 1. The lowest BCUT2D eigenvalue weighted by atomic mass is 9.86. The number of halogens is 1. The lowest BCUT2D eigenvalue weighted by Crippen LogP contribution is -2.42. The predicted molar refractivity (Wildman–Crippen MR) is 132 cm³/mol. The average molecular weight is 480 g/mol. The monoisotopic (exact) mass is 479 g/mol. The molecule has 0 amide bonds. The molecule has 4 rings (SSSR count). The molecule has 5 nitrogen and oxygen atoms in total. The molecule has 0 unspecified atom stereocenters. The number of hydrogen-bond donors (Lipinski definition) is 1. The molecule has 2 atom stereocenters. The molecular formula is C25H23BClNO4S. The Bertz CT molecular complexity index is 1340. The minimum absolute atomic E-state index is 0.0366. The zero-order valence-electron chi connectivity index (χ0n) is 18.3. The second-order valence-electron chi connectivity index (χ2n) is 8.24. The molecule has 0 bridgehead atoms. The second kappa shape index (κ2) is 9.18. The molecule has 168 valence electrons. The highest BCUT2D eigenvalue weighted by Gasteiger charge is 2.44. The van der Waals surface area contributed by atoms with Crippen LogP contribution in [0.2, 0.25) is 5.02 Å². The largest absolute Gasteiger partial charge is 0.478 e. The van der Waals surface area contributed by atoms with Crippen LogP contribution >= 0.6 is 11.6 Å². The summed E-state index contributed by atoms with van der Waals surface area (Å²) in [5.74, 6) is -1.14. The van der Waals surface area contributed by atoms with Gasteiger partial charge < -0.3 is 5.11 Å². The van der Waals surface area contributed by atoms with Gasteiger partial charge in [-0.2, -0.15) is 4.31 Å². The standard InChI is InChI=1S/C25H23BClNO4S/c1-16-8-10-21(11-9-16)33(31,32)28-23(17-4-3-7-20(27)15-17)13-12-22(25(29)30)24(28)18-5-2-6-19(26)14-18/h2-12,14-15,23-24H,13,26H2,1H3,(H,29,30)/t23-,24-/m0/s1. The lowest BCUT2D eigenvalue weighted by molar-refractivity contribution is -0.133. The number of carboxylic acid groups (broad SMARTS) is 1. The SMILES string of the molecule is Bc1cccc([C@H]2C(C(=O)O)=CC[C@@H](c3cccc(Cl)c3)N2S(=O)(=O)c2ccc(C)cc2)c1. The first kappa shape index (κ1) is 23.3. The van der Waals surface area contributed by atoms with Crippen molar-refractivity contribution in [2.45, 2.75) is 30.3 Å².